The first-order chi connectivity index (χ1) is 9.86. The summed E-state index contributed by atoms with van der Waals surface area (Å²) in [5.74, 6) is 0.663. The number of benzene rings is 1. The quantitative estimate of drug-likeness (QED) is 0.829. The molecule has 0 aliphatic heterocycles. The first kappa shape index (κ1) is 14.9. The van der Waals surface area contributed by atoms with Crippen LogP contribution in [-0.2, 0) is 4.79 Å². The van der Waals surface area contributed by atoms with Gasteiger partial charge in [-0.05, 0) is 41.6 Å². The van der Waals surface area contributed by atoms with E-state index >= 15 is 0 Å². The number of carbonyl (C=O) groups excluding carboxylic acids is 1. The van der Waals surface area contributed by atoms with Gasteiger partial charge in [-0.3, -0.25) is 4.79 Å². The molecule has 3 rings (SSSR count). The number of rotatable bonds is 3. The summed E-state index contributed by atoms with van der Waals surface area (Å²) in [4.78, 5) is 12.5. The summed E-state index contributed by atoms with van der Waals surface area (Å²) < 4.78 is 0. The number of fused-ring (bicyclic) bond motifs is 2. The zero-order valence-electron chi connectivity index (χ0n) is 13.0. The van der Waals surface area contributed by atoms with Crippen molar-refractivity contribution < 1.29 is 4.79 Å². The van der Waals surface area contributed by atoms with Gasteiger partial charge in [0, 0.05) is 6.04 Å². The van der Waals surface area contributed by atoms with E-state index in [1.807, 2.05) is 30.3 Å². The Labute approximate surface area is 132 Å². The van der Waals surface area contributed by atoms with E-state index in [1.165, 1.54) is 12.8 Å². The van der Waals surface area contributed by atoms with Gasteiger partial charge in [-0.2, -0.15) is 0 Å². The van der Waals surface area contributed by atoms with Crippen LogP contribution in [0.15, 0.2) is 30.3 Å². The molecule has 4 unspecified atom stereocenters. The van der Waals surface area contributed by atoms with Gasteiger partial charge in [0.15, 0.2) is 0 Å². The third-order valence-electron chi connectivity index (χ3n) is 6.43. The predicted molar refractivity (Wildman–Crippen MR) is 86.2 cm³/mol. The third kappa shape index (κ3) is 2.19. The van der Waals surface area contributed by atoms with Gasteiger partial charge in [-0.15, -0.1) is 11.6 Å². The molecule has 0 heterocycles. The van der Waals surface area contributed by atoms with Gasteiger partial charge in [-0.25, -0.2) is 0 Å². The maximum absolute atomic E-state index is 12.5. The van der Waals surface area contributed by atoms with Gasteiger partial charge in [0.2, 0.25) is 5.91 Å². The van der Waals surface area contributed by atoms with E-state index in [1.54, 1.807) is 0 Å². The van der Waals surface area contributed by atoms with Crippen LogP contribution in [0.25, 0.3) is 0 Å². The van der Waals surface area contributed by atoms with Crippen LogP contribution < -0.4 is 5.32 Å². The standard InChI is InChI=1S/C18H24ClNO/c1-17(2)13-9-10-18(17,3)14(11-13)20-16(21)15(19)12-7-5-4-6-8-12/h4-8,13-15H,9-11H2,1-3H3,(H,20,21). The molecule has 1 aromatic carbocycles. The summed E-state index contributed by atoms with van der Waals surface area (Å²) in [6.07, 6.45) is 3.58. The van der Waals surface area contributed by atoms with Gasteiger partial charge < -0.3 is 5.32 Å². The fraction of sp³-hybridized carbons (Fsp3) is 0.611. The fourth-order valence-electron chi connectivity index (χ4n) is 4.44. The van der Waals surface area contributed by atoms with Crippen molar-refractivity contribution in [3.8, 4) is 0 Å². The second kappa shape index (κ2) is 5.01. The lowest BCUT2D eigenvalue weighted by molar-refractivity contribution is -0.122. The molecule has 114 valence electrons. The second-order valence-electron chi connectivity index (χ2n) is 7.44. The van der Waals surface area contributed by atoms with Crippen molar-refractivity contribution in [1.82, 2.24) is 5.32 Å². The summed E-state index contributed by atoms with van der Waals surface area (Å²) in [5.41, 5.74) is 1.37. The van der Waals surface area contributed by atoms with Crippen LogP contribution in [0.1, 0.15) is 51.0 Å². The van der Waals surface area contributed by atoms with Crippen LogP contribution in [0.5, 0.6) is 0 Å². The molecule has 2 nitrogen and oxygen atoms in total. The minimum absolute atomic E-state index is 0.0579. The lowest BCUT2D eigenvalue weighted by Crippen LogP contribution is -2.47. The van der Waals surface area contributed by atoms with E-state index in [0.29, 0.717) is 5.41 Å². The van der Waals surface area contributed by atoms with E-state index in [0.717, 1.165) is 17.9 Å². The van der Waals surface area contributed by atoms with Crippen LogP contribution in [-0.4, -0.2) is 11.9 Å². The summed E-state index contributed by atoms with van der Waals surface area (Å²) in [7, 11) is 0. The van der Waals surface area contributed by atoms with Crippen molar-refractivity contribution in [2.24, 2.45) is 16.7 Å². The van der Waals surface area contributed by atoms with E-state index in [9.17, 15) is 4.79 Å². The summed E-state index contributed by atoms with van der Waals surface area (Å²) in [6, 6.07) is 9.83. The summed E-state index contributed by atoms with van der Waals surface area (Å²) in [6.45, 7) is 7.04. The molecule has 0 aromatic heterocycles. The molecule has 1 N–H and O–H groups in total. The van der Waals surface area contributed by atoms with Gasteiger partial charge in [-0.1, -0.05) is 51.1 Å². The molecule has 1 aromatic rings. The maximum atomic E-state index is 12.5. The molecule has 2 aliphatic rings. The Morgan fingerprint density at radius 3 is 2.48 bits per heavy atom. The molecule has 0 spiro atoms. The summed E-state index contributed by atoms with van der Waals surface area (Å²) in [5, 5.41) is 2.63. The SMILES string of the molecule is CC1(C)C2CCC1(C)C(NC(=O)C(Cl)c1ccccc1)C2. The van der Waals surface area contributed by atoms with Gasteiger partial charge in [0.1, 0.15) is 5.38 Å². The number of alkyl halides is 1. The fourth-order valence-corrected chi connectivity index (χ4v) is 4.65. The summed E-state index contributed by atoms with van der Waals surface area (Å²) >= 11 is 6.34. The molecule has 2 saturated carbocycles. The molecule has 2 aliphatic carbocycles. The van der Waals surface area contributed by atoms with Gasteiger partial charge in [0.05, 0.1) is 0 Å². The Hall–Kier alpha value is -1.02. The lowest BCUT2D eigenvalue weighted by atomic mass is 9.69. The molecule has 0 radical (unpaired) electrons. The lowest BCUT2D eigenvalue weighted by Gasteiger charge is -2.39. The topological polar surface area (TPSA) is 29.1 Å². The monoisotopic (exact) mass is 305 g/mol. The van der Waals surface area contributed by atoms with Crippen molar-refractivity contribution in [1.29, 1.82) is 0 Å². The smallest absolute Gasteiger partial charge is 0.242 e. The highest BCUT2D eigenvalue weighted by Crippen LogP contribution is 2.65. The van der Waals surface area contributed by atoms with E-state index in [-0.39, 0.29) is 17.4 Å². The van der Waals surface area contributed by atoms with E-state index in [2.05, 4.69) is 26.1 Å². The molecule has 0 saturated heterocycles. The largest absolute Gasteiger partial charge is 0.351 e. The number of carbonyl (C=O) groups is 1. The van der Waals surface area contributed by atoms with Crippen LogP contribution in [0.3, 0.4) is 0 Å². The third-order valence-corrected chi connectivity index (χ3v) is 6.88. The Morgan fingerprint density at radius 2 is 1.95 bits per heavy atom. The number of hydrogen-bond acceptors (Lipinski definition) is 1. The Morgan fingerprint density at radius 1 is 1.29 bits per heavy atom. The van der Waals surface area contributed by atoms with Crippen LogP contribution in [0.4, 0.5) is 0 Å². The Kier molecular flexibility index (Phi) is 3.56. The zero-order valence-corrected chi connectivity index (χ0v) is 13.8. The molecule has 2 fully saturated rings. The number of halogens is 1. The minimum Gasteiger partial charge on any atom is -0.351 e. The van der Waals surface area contributed by atoms with Crippen molar-refractivity contribution in [3.63, 3.8) is 0 Å². The zero-order chi connectivity index (χ0) is 15.3. The van der Waals surface area contributed by atoms with Gasteiger partial charge in [0.25, 0.3) is 0 Å². The maximum Gasteiger partial charge on any atom is 0.242 e. The van der Waals surface area contributed by atoms with Crippen molar-refractivity contribution in [2.45, 2.75) is 51.5 Å². The molecular weight excluding hydrogens is 282 g/mol. The second-order valence-corrected chi connectivity index (χ2v) is 7.88. The first-order valence-electron chi connectivity index (χ1n) is 7.85. The van der Waals surface area contributed by atoms with Gasteiger partial charge >= 0.3 is 0 Å². The van der Waals surface area contributed by atoms with Crippen molar-refractivity contribution in [3.05, 3.63) is 35.9 Å². The Balaban J connectivity index is 1.72. The molecule has 21 heavy (non-hydrogen) atoms. The average molecular weight is 306 g/mol. The highest BCUT2D eigenvalue weighted by Gasteiger charge is 2.61. The van der Waals surface area contributed by atoms with E-state index in [4.69, 9.17) is 11.6 Å². The van der Waals surface area contributed by atoms with Crippen molar-refractivity contribution in [2.75, 3.05) is 0 Å². The number of nitrogens with one attached hydrogen (secondary N) is 1. The molecule has 1 amide bonds. The van der Waals surface area contributed by atoms with E-state index < -0.39 is 5.38 Å². The number of amides is 1. The van der Waals surface area contributed by atoms with Crippen LogP contribution in [0, 0.1) is 16.7 Å². The van der Waals surface area contributed by atoms with Crippen LogP contribution in [0.2, 0.25) is 0 Å². The highest BCUT2D eigenvalue weighted by atomic mass is 35.5. The molecular formula is C18H24ClNO. The Bertz CT molecular complexity index is 541. The van der Waals surface area contributed by atoms with Crippen LogP contribution >= 0.6 is 11.6 Å². The highest BCUT2D eigenvalue weighted by molar-refractivity contribution is 6.30. The number of hydrogen-bond donors (Lipinski definition) is 1. The van der Waals surface area contributed by atoms with Crippen molar-refractivity contribution >= 4 is 17.5 Å². The first-order valence-corrected chi connectivity index (χ1v) is 8.29. The molecule has 2 bridgehead atoms. The average Bonchev–Trinajstić information content (AvgIpc) is 2.80. The predicted octanol–water partition coefficient (Wildman–Crippen LogP) is 4.30. The molecule has 4 atom stereocenters. The molecule has 3 heteroatoms. The minimum atomic E-state index is -0.600. The normalized spacial score (nSPS) is 34.7.